The number of nitrogens with zero attached hydrogens (tertiary/aromatic N) is 1. The van der Waals surface area contributed by atoms with Crippen molar-refractivity contribution in [2.24, 2.45) is 0 Å². The van der Waals surface area contributed by atoms with Crippen LogP contribution in [0.5, 0.6) is 0 Å². The molecule has 0 spiro atoms. The maximum absolute atomic E-state index is 12.9. The molecular weight excluding hydrogens is 197 g/mol. The third-order valence-electron chi connectivity index (χ3n) is 1.49. The van der Waals surface area contributed by atoms with Crippen molar-refractivity contribution in [3.63, 3.8) is 0 Å². The van der Waals surface area contributed by atoms with E-state index in [1.807, 2.05) is 0 Å². The molecule has 0 bridgehead atoms. The van der Waals surface area contributed by atoms with Gasteiger partial charge in [-0.05, 0) is 6.07 Å². The molecule has 0 fully saturated rings. The molecule has 1 heterocycles. The summed E-state index contributed by atoms with van der Waals surface area (Å²) in [6, 6.07) is 1.42. The molecular formula is C8H7ClFNO2. The summed E-state index contributed by atoms with van der Waals surface area (Å²) in [5, 5.41) is 0.179. The first-order chi connectivity index (χ1) is 6.15. The van der Waals surface area contributed by atoms with Crippen molar-refractivity contribution in [3.8, 4) is 0 Å². The first-order valence-electron chi connectivity index (χ1n) is 3.51. The van der Waals surface area contributed by atoms with Crippen LogP contribution in [0.2, 0.25) is 5.02 Å². The number of carbonyl (C=O) groups is 1. The Morgan fingerprint density at radius 3 is 3.00 bits per heavy atom. The fourth-order valence-corrected chi connectivity index (χ4v) is 1.02. The topological polar surface area (TPSA) is 39.2 Å². The van der Waals surface area contributed by atoms with Crippen molar-refractivity contribution in [2.45, 2.75) is 6.42 Å². The highest BCUT2D eigenvalue weighted by Crippen LogP contribution is 2.17. The molecule has 0 aliphatic heterocycles. The monoisotopic (exact) mass is 203 g/mol. The third-order valence-corrected chi connectivity index (χ3v) is 1.85. The van der Waals surface area contributed by atoms with Crippen LogP contribution in [0.15, 0.2) is 12.3 Å². The van der Waals surface area contributed by atoms with Gasteiger partial charge in [-0.1, -0.05) is 11.6 Å². The zero-order valence-corrected chi connectivity index (χ0v) is 7.64. The number of aromatic nitrogens is 1. The van der Waals surface area contributed by atoms with E-state index in [9.17, 15) is 9.18 Å². The number of halogens is 2. The summed E-state index contributed by atoms with van der Waals surface area (Å²) in [6.45, 7) is 0. The second-order valence-corrected chi connectivity index (χ2v) is 2.72. The summed E-state index contributed by atoms with van der Waals surface area (Å²) in [5.74, 6) is -1.29. The fourth-order valence-electron chi connectivity index (χ4n) is 0.819. The number of rotatable bonds is 2. The third kappa shape index (κ3) is 2.39. The van der Waals surface area contributed by atoms with Crippen LogP contribution in [0.3, 0.4) is 0 Å². The van der Waals surface area contributed by atoms with E-state index >= 15 is 0 Å². The largest absolute Gasteiger partial charge is 0.469 e. The van der Waals surface area contributed by atoms with E-state index in [1.165, 1.54) is 19.4 Å². The summed E-state index contributed by atoms with van der Waals surface area (Å²) in [5.41, 5.74) is 0.0658. The van der Waals surface area contributed by atoms with Gasteiger partial charge in [0.1, 0.15) is 0 Å². The maximum atomic E-state index is 12.9. The molecule has 0 saturated heterocycles. The Labute approximate surface area is 79.5 Å². The molecule has 0 saturated carbocycles. The van der Waals surface area contributed by atoms with Gasteiger partial charge in [0.25, 0.3) is 0 Å². The molecule has 0 aliphatic rings. The number of carbonyl (C=O) groups excluding carboxylic acids is 1. The molecule has 1 aromatic rings. The molecule has 0 aromatic carbocycles. The number of methoxy groups -OCH3 is 1. The Morgan fingerprint density at radius 2 is 2.46 bits per heavy atom. The lowest BCUT2D eigenvalue weighted by Crippen LogP contribution is -2.07. The highest BCUT2D eigenvalue weighted by atomic mass is 35.5. The summed E-state index contributed by atoms with van der Waals surface area (Å²) in [7, 11) is 1.23. The van der Waals surface area contributed by atoms with Crippen molar-refractivity contribution in [2.75, 3.05) is 7.11 Å². The van der Waals surface area contributed by atoms with Gasteiger partial charge in [0.05, 0.1) is 18.6 Å². The Hall–Kier alpha value is -1.16. The summed E-state index contributed by atoms with van der Waals surface area (Å²) >= 11 is 5.64. The molecule has 1 aromatic heterocycles. The van der Waals surface area contributed by atoms with E-state index < -0.39 is 11.9 Å². The van der Waals surface area contributed by atoms with Gasteiger partial charge in [-0.25, -0.2) is 4.98 Å². The van der Waals surface area contributed by atoms with Crippen LogP contribution >= 0.6 is 11.6 Å². The normalized spacial score (nSPS) is 9.77. The van der Waals surface area contributed by atoms with Crippen molar-refractivity contribution in [3.05, 3.63) is 28.8 Å². The van der Waals surface area contributed by atoms with Crippen LogP contribution in [0.1, 0.15) is 5.56 Å². The minimum absolute atomic E-state index is 0.0658. The van der Waals surface area contributed by atoms with E-state index in [0.717, 1.165) is 0 Å². The van der Waals surface area contributed by atoms with Gasteiger partial charge in [0.15, 0.2) is 0 Å². The van der Waals surface area contributed by atoms with Crippen LogP contribution < -0.4 is 0 Å². The van der Waals surface area contributed by atoms with Gasteiger partial charge in [0.2, 0.25) is 5.95 Å². The quantitative estimate of drug-likeness (QED) is 0.541. The van der Waals surface area contributed by atoms with Gasteiger partial charge in [-0.2, -0.15) is 4.39 Å². The molecule has 0 unspecified atom stereocenters. The van der Waals surface area contributed by atoms with E-state index in [4.69, 9.17) is 11.6 Å². The number of ether oxygens (including phenoxy) is 1. The summed E-state index contributed by atoms with van der Waals surface area (Å²) in [6.07, 6.45) is 1.04. The van der Waals surface area contributed by atoms with Crippen molar-refractivity contribution in [1.29, 1.82) is 0 Å². The number of esters is 1. The first-order valence-corrected chi connectivity index (χ1v) is 3.88. The molecule has 70 valence electrons. The van der Waals surface area contributed by atoms with Gasteiger partial charge in [-0.15, -0.1) is 0 Å². The minimum atomic E-state index is -0.738. The summed E-state index contributed by atoms with van der Waals surface area (Å²) < 4.78 is 17.3. The lowest BCUT2D eigenvalue weighted by atomic mass is 10.2. The standard InChI is InChI=1S/C8H7ClFNO2/c1-13-7(12)4-5-6(9)2-3-11-8(5)10/h2-3H,4H2,1H3. The Balaban J connectivity index is 2.93. The first kappa shape index (κ1) is 9.92. The SMILES string of the molecule is COC(=O)Cc1c(Cl)ccnc1F. The van der Waals surface area contributed by atoms with Gasteiger partial charge < -0.3 is 4.74 Å². The van der Waals surface area contributed by atoms with Crippen LogP contribution in [-0.2, 0) is 16.0 Å². The Kier molecular flexibility index (Phi) is 3.19. The van der Waals surface area contributed by atoms with E-state index in [2.05, 4.69) is 9.72 Å². The van der Waals surface area contributed by atoms with Crippen molar-refractivity contribution < 1.29 is 13.9 Å². The average molecular weight is 204 g/mol. The van der Waals surface area contributed by atoms with Gasteiger partial charge >= 0.3 is 5.97 Å². The zero-order chi connectivity index (χ0) is 9.84. The molecule has 0 amide bonds. The molecule has 0 radical (unpaired) electrons. The predicted octanol–water partition coefficient (Wildman–Crippen LogP) is 1.59. The van der Waals surface area contributed by atoms with Crippen LogP contribution in [0.4, 0.5) is 4.39 Å². The highest BCUT2D eigenvalue weighted by molar-refractivity contribution is 6.31. The minimum Gasteiger partial charge on any atom is -0.469 e. The fraction of sp³-hybridized carbons (Fsp3) is 0.250. The molecule has 13 heavy (non-hydrogen) atoms. The van der Waals surface area contributed by atoms with E-state index in [-0.39, 0.29) is 17.0 Å². The smallest absolute Gasteiger partial charge is 0.310 e. The Morgan fingerprint density at radius 1 is 1.77 bits per heavy atom. The lowest BCUT2D eigenvalue weighted by molar-refractivity contribution is -0.139. The zero-order valence-electron chi connectivity index (χ0n) is 6.88. The van der Waals surface area contributed by atoms with Crippen LogP contribution in [0.25, 0.3) is 0 Å². The predicted molar refractivity (Wildman–Crippen MR) is 44.9 cm³/mol. The molecule has 5 heteroatoms. The van der Waals surface area contributed by atoms with Gasteiger partial charge in [-0.3, -0.25) is 4.79 Å². The van der Waals surface area contributed by atoms with E-state index in [1.54, 1.807) is 0 Å². The number of pyridine rings is 1. The van der Waals surface area contributed by atoms with Crippen molar-refractivity contribution >= 4 is 17.6 Å². The highest BCUT2D eigenvalue weighted by Gasteiger charge is 2.12. The number of hydrogen-bond donors (Lipinski definition) is 0. The van der Waals surface area contributed by atoms with E-state index in [0.29, 0.717) is 0 Å². The molecule has 0 atom stereocenters. The molecule has 3 nitrogen and oxygen atoms in total. The van der Waals surface area contributed by atoms with Crippen LogP contribution in [-0.4, -0.2) is 18.1 Å². The lowest BCUT2D eigenvalue weighted by Gasteiger charge is -2.02. The second kappa shape index (κ2) is 4.18. The van der Waals surface area contributed by atoms with Crippen molar-refractivity contribution in [1.82, 2.24) is 4.98 Å². The van der Waals surface area contributed by atoms with Crippen LogP contribution in [0, 0.1) is 5.95 Å². The number of hydrogen-bond acceptors (Lipinski definition) is 3. The second-order valence-electron chi connectivity index (χ2n) is 2.32. The Bertz CT molecular complexity index is 310. The maximum Gasteiger partial charge on any atom is 0.310 e. The molecule has 0 aliphatic carbocycles. The summed E-state index contributed by atoms with van der Waals surface area (Å²) in [4.78, 5) is 14.2. The molecule has 1 rings (SSSR count). The average Bonchev–Trinajstić information content (AvgIpc) is 2.11. The van der Waals surface area contributed by atoms with Gasteiger partial charge in [0, 0.05) is 11.8 Å². The molecule has 0 N–H and O–H groups in total.